The van der Waals surface area contributed by atoms with E-state index in [-0.39, 0.29) is 0 Å². The van der Waals surface area contributed by atoms with Crippen LogP contribution in [0.2, 0.25) is 0 Å². The first kappa shape index (κ1) is 22.2. The largest absolute Gasteiger partial charge is 0.327 e. The number of piperazine rings is 1. The molecule has 5 heteroatoms. The molecule has 1 rings (SSSR count). The van der Waals surface area contributed by atoms with E-state index in [1.165, 1.54) is 32.4 Å². The average molecular weight is 264 g/mol. The molecular formula is C12H33N4P. The van der Waals surface area contributed by atoms with Crippen LogP contribution in [-0.2, 0) is 0 Å². The first-order chi connectivity index (χ1) is 8.12. The van der Waals surface area contributed by atoms with Gasteiger partial charge in [-0.2, -0.15) is 0 Å². The molecule has 0 spiro atoms. The number of hydrogen-bond donors (Lipinski definition) is 2. The third kappa shape index (κ3) is 25.9. The minimum atomic E-state index is 0.847. The highest BCUT2D eigenvalue weighted by atomic mass is 31.1. The van der Waals surface area contributed by atoms with Gasteiger partial charge in [-0.25, -0.2) is 0 Å². The van der Waals surface area contributed by atoms with Crippen LogP contribution in [0.5, 0.6) is 0 Å². The predicted molar refractivity (Wildman–Crippen MR) is 84.1 cm³/mol. The zero-order chi connectivity index (χ0) is 14.1. The summed E-state index contributed by atoms with van der Waals surface area (Å²) >= 11 is 0. The lowest BCUT2D eigenvalue weighted by Gasteiger charge is -2.28. The summed E-state index contributed by atoms with van der Waals surface area (Å²) in [4.78, 5) is 4.72. The zero-order valence-corrected chi connectivity index (χ0v) is 13.6. The van der Waals surface area contributed by atoms with Gasteiger partial charge in [0.2, 0.25) is 0 Å². The minimum absolute atomic E-state index is 0.847. The molecule has 1 atom stereocenters. The van der Waals surface area contributed by atoms with Crippen LogP contribution in [0.3, 0.4) is 0 Å². The van der Waals surface area contributed by atoms with Gasteiger partial charge in [0.1, 0.15) is 0 Å². The molecule has 0 aromatic heterocycles. The molecule has 1 saturated heterocycles. The third-order valence-electron chi connectivity index (χ3n) is 1.93. The lowest BCUT2D eigenvalue weighted by molar-refractivity contribution is 0.181. The molecule has 0 aliphatic carbocycles. The van der Waals surface area contributed by atoms with Crippen LogP contribution in [0.4, 0.5) is 0 Å². The van der Waals surface area contributed by atoms with Gasteiger partial charge in [-0.3, -0.25) is 0 Å². The Morgan fingerprint density at radius 2 is 1.29 bits per heavy atom. The highest BCUT2D eigenvalue weighted by molar-refractivity contribution is 7.36. The zero-order valence-electron chi connectivity index (χ0n) is 12.6. The third-order valence-corrected chi connectivity index (χ3v) is 2.34. The number of hydrogen-bond acceptors (Lipinski definition) is 4. The normalized spacial score (nSPS) is 15.9. The topological polar surface area (TPSA) is 56.4 Å². The Balaban J connectivity index is -0.000000186. The van der Waals surface area contributed by atoms with Crippen molar-refractivity contribution in [2.24, 2.45) is 5.73 Å². The van der Waals surface area contributed by atoms with E-state index in [4.69, 9.17) is 11.1 Å². The van der Waals surface area contributed by atoms with Crippen molar-refractivity contribution < 1.29 is 0 Å². The highest BCUT2D eigenvalue weighted by Gasteiger charge is 2.07. The van der Waals surface area contributed by atoms with E-state index in [1.54, 1.807) is 6.92 Å². The molecule has 17 heavy (non-hydrogen) atoms. The summed E-state index contributed by atoms with van der Waals surface area (Å²) in [7, 11) is 5.27. The van der Waals surface area contributed by atoms with Gasteiger partial charge in [-0.15, -0.1) is 8.58 Å². The smallest absolute Gasteiger partial charge is 0.0107 e. The second-order valence-electron chi connectivity index (χ2n) is 3.45. The fourth-order valence-electron chi connectivity index (χ4n) is 0.906. The molecule has 1 aliphatic heterocycles. The fourth-order valence-corrected chi connectivity index (χ4v) is 0.906. The van der Waals surface area contributed by atoms with E-state index in [2.05, 4.69) is 30.6 Å². The molecule has 0 aromatic rings. The Morgan fingerprint density at radius 1 is 1.12 bits per heavy atom. The standard InChI is InChI=1S/C6H14N2.C2H8NP.C2H5N.C2H6/c1-7-3-5-8(2)6-4-7;1-4-2-3;1-2-3;1-2/h3-6H2,1-2H3;4H,2-3H2,1H3;2-3H,1H3;1-2H3. The van der Waals surface area contributed by atoms with Gasteiger partial charge in [0.25, 0.3) is 0 Å². The molecule has 0 aromatic carbocycles. The van der Waals surface area contributed by atoms with E-state index in [1.807, 2.05) is 13.8 Å². The van der Waals surface area contributed by atoms with Gasteiger partial charge >= 0.3 is 0 Å². The van der Waals surface area contributed by atoms with Crippen molar-refractivity contribution in [1.29, 1.82) is 5.41 Å². The maximum atomic E-state index is 6.08. The summed E-state index contributed by atoms with van der Waals surface area (Å²) in [5.41, 5.74) is 5.04. The molecule has 0 saturated carbocycles. The van der Waals surface area contributed by atoms with Gasteiger partial charge in [0.05, 0.1) is 0 Å². The van der Waals surface area contributed by atoms with Crippen molar-refractivity contribution in [1.82, 2.24) is 9.80 Å². The number of rotatable bonds is 1. The van der Waals surface area contributed by atoms with E-state index >= 15 is 0 Å². The Labute approximate surface area is 110 Å². The Hall–Kier alpha value is -0.0200. The van der Waals surface area contributed by atoms with Gasteiger partial charge < -0.3 is 20.9 Å². The minimum Gasteiger partial charge on any atom is -0.327 e. The summed E-state index contributed by atoms with van der Waals surface area (Å²) < 4.78 is 0. The van der Waals surface area contributed by atoms with Crippen LogP contribution < -0.4 is 5.73 Å². The lowest BCUT2D eigenvalue weighted by Crippen LogP contribution is -2.42. The quantitative estimate of drug-likeness (QED) is 0.560. The molecule has 1 aliphatic rings. The molecule has 1 unspecified atom stereocenters. The van der Waals surface area contributed by atoms with Crippen molar-refractivity contribution in [3.63, 3.8) is 0 Å². The maximum absolute atomic E-state index is 6.08. The predicted octanol–water partition coefficient (Wildman–Crippen LogP) is 1.76. The van der Waals surface area contributed by atoms with Crippen LogP contribution in [-0.4, -0.2) is 69.2 Å². The number of nitrogens with one attached hydrogen (secondary N) is 1. The summed E-state index contributed by atoms with van der Waals surface area (Å²) in [6, 6.07) is 0. The summed E-state index contributed by atoms with van der Waals surface area (Å²) in [6.07, 6.45) is 2.10. The molecule has 1 fully saturated rings. The van der Waals surface area contributed by atoms with Crippen molar-refractivity contribution in [3.05, 3.63) is 0 Å². The Bertz CT molecular complexity index is 114. The molecule has 106 valence electrons. The summed E-state index contributed by atoms with van der Waals surface area (Å²) in [5, 5.41) is 6.08. The molecule has 0 radical (unpaired) electrons. The SMILES string of the molecule is CC.CC=N.CN1CCN(C)CC1.CPCN. The van der Waals surface area contributed by atoms with E-state index < -0.39 is 0 Å². The molecular weight excluding hydrogens is 231 g/mol. The van der Waals surface area contributed by atoms with Gasteiger partial charge in [-0.05, 0) is 33.9 Å². The lowest BCUT2D eigenvalue weighted by atomic mass is 10.4. The first-order valence-corrected chi connectivity index (χ1v) is 7.99. The molecule has 0 bridgehead atoms. The Kier molecular flexibility index (Phi) is 27.8. The Morgan fingerprint density at radius 3 is 1.41 bits per heavy atom. The van der Waals surface area contributed by atoms with Crippen LogP contribution in [0.1, 0.15) is 20.8 Å². The average Bonchev–Trinajstić information content (AvgIpc) is 2.37. The fraction of sp³-hybridized carbons (Fsp3) is 0.917. The van der Waals surface area contributed by atoms with E-state index in [0.29, 0.717) is 0 Å². The van der Waals surface area contributed by atoms with E-state index in [9.17, 15) is 0 Å². The first-order valence-electron chi connectivity index (χ1n) is 6.29. The summed E-state index contributed by atoms with van der Waals surface area (Å²) in [6.45, 7) is 12.7. The highest BCUT2D eigenvalue weighted by Crippen LogP contribution is 1.93. The van der Waals surface area contributed by atoms with Crippen molar-refractivity contribution in [3.8, 4) is 0 Å². The molecule has 4 nitrogen and oxygen atoms in total. The van der Waals surface area contributed by atoms with Crippen LogP contribution in [0, 0.1) is 5.41 Å². The van der Waals surface area contributed by atoms with Gasteiger partial charge in [-0.1, -0.05) is 13.8 Å². The van der Waals surface area contributed by atoms with Gasteiger partial charge in [0.15, 0.2) is 0 Å². The molecule has 3 N–H and O–H groups in total. The van der Waals surface area contributed by atoms with Crippen molar-refractivity contribution in [2.45, 2.75) is 20.8 Å². The van der Waals surface area contributed by atoms with Gasteiger partial charge in [0, 0.05) is 32.5 Å². The molecule has 1 heterocycles. The molecule has 0 amide bonds. The second kappa shape index (κ2) is 21.3. The maximum Gasteiger partial charge on any atom is 0.0107 e. The van der Waals surface area contributed by atoms with Crippen LogP contribution >= 0.6 is 8.58 Å². The van der Waals surface area contributed by atoms with Crippen LogP contribution in [0.15, 0.2) is 0 Å². The monoisotopic (exact) mass is 264 g/mol. The second-order valence-corrected chi connectivity index (χ2v) is 4.57. The van der Waals surface area contributed by atoms with Crippen molar-refractivity contribution in [2.75, 3.05) is 53.2 Å². The van der Waals surface area contributed by atoms with Crippen molar-refractivity contribution >= 4 is 14.8 Å². The number of nitrogens with two attached hydrogens (primary N) is 1. The number of nitrogens with zero attached hydrogens (tertiary/aromatic N) is 2. The summed E-state index contributed by atoms with van der Waals surface area (Å²) in [5.74, 6) is 0. The van der Waals surface area contributed by atoms with E-state index in [0.717, 1.165) is 14.9 Å². The van der Waals surface area contributed by atoms with Crippen LogP contribution in [0.25, 0.3) is 0 Å². The number of likely N-dealkylation sites (N-methyl/N-ethyl adjacent to an activating group) is 2.